The quantitative estimate of drug-likeness (QED) is 0.184. The van der Waals surface area contributed by atoms with Gasteiger partial charge in [0.2, 0.25) is 11.8 Å². The van der Waals surface area contributed by atoms with Crippen LogP contribution in [0.2, 0.25) is 0 Å². The molecular weight excluding hydrogens is 446 g/mol. The molecular formula is C27H25N3O3S. The zero-order valence-electron chi connectivity index (χ0n) is 19.1. The molecule has 0 bridgehead atoms. The molecule has 1 aromatic heterocycles. The van der Waals surface area contributed by atoms with E-state index >= 15 is 0 Å². The summed E-state index contributed by atoms with van der Waals surface area (Å²) in [5.74, 6) is 0.474. The number of aromatic nitrogens is 1. The Balaban J connectivity index is 1.45. The lowest BCUT2D eigenvalue weighted by Crippen LogP contribution is -2.32. The normalized spacial score (nSPS) is 11.3. The summed E-state index contributed by atoms with van der Waals surface area (Å²) >= 11 is 5.30. The van der Waals surface area contributed by atoms with E-state index in [4.69, 9.17) is 16.6 Å². The van der Waals surface area contributed by atoms with Crippen molar-refractivity contribution in [3.8, 4) is 17.2 Å². The fourth-order valence-electron chi connectivity index (χ4n) is 3.48. The van der Waals surface area contributed by atoms with Gasteiger partial charge in [-0.3, -0.25) is 10.1 Å². The van der Waals surface area contributed by atoms with Crippen molar-refractivity contribution in [2.45, 2.75) is 26.7 Å². The Morgan fingerprint density at radius 1 is 1.12 bits per heavy atom. The second-order valence-corrected chi connectivity index (χ2v) is 8.68. The number of thiocarbonyl (C=S) groups is 1. The number of carbonyl (C=O) groups is 1. The Bertz CT molecular complexity index is 1360. The third-order valence-electron chi connectivity index (χ3n) is 5.35. The first-order valence-corrected chi connectivity index (χ1v) is 11.3. The van der Waals surface area contributed by atoms with Crippen molar-refractivity contribution in [2.75, 3.05) is 5.32 Å². The Hall–Kier alpha value is -3.97. The number of oxazole rings is 1. The highest BCUT2D eigenvalue weighted by molar-refractivity contribution is 7.80. The number of benzene rings is 3. The van der Waals surface area contributed by atoms with Gasteiger partial charge in [-0.05, 0) is 72.1 Å². The van der Waals surface area contributed by atoms with Crippen LogP contribution in [-0.2, 0) is 4.79 Å². The molecule has 6 nitrogen and oxygen atoms in total. The van der Waals surface area contributed by atoms with E-state index in [1.54, 1.807) is 25.1 Å². The van der Waals surface area contributed by atoms with Gasteiger partial charge >= 0.3 is 0 Å². The van der Waals surface area contributed by atoms with E-state index in [2.05, 4.69) is 41.6 Å². The summed E-state index contributed by atoms with van der Waals surface area (Å²) in [6.07, 6.45) is 3.17. The van der Waals surface area contributed by atoms with Crippen LogP contribution in [0.3, 0.4) is 0 Å². The average Bonchev–Trinajstić information content (AvgIpc) is 3.24. The van der Waals surface area contributed by atoms with Crippen molar-refractivity contribution in [3.05, 3.63) is 83.4 Å². The van der Waals surface area contributed by atoms with Crippen molar-refractivity contribution in [3.63, 3.8) is 0 Å². The molecule has 3 aromatic carbocycles. The van der Waals surface area contributed by atoms with Crippen LogP contribution < -0.4 is 10.6 Å². The third-order valence-corrected chi connectivity index (χ3v) is 5.55. The van der Waals surface area contributed by atoms with Gasteiger partial charge in [-0.1, -0.05) is 50.2 Å². The molecule has 172 valence electrons. The van der Waals surface area contributed by atoms with E-state index < -0.39 is 0 Å². The zero-order chi connectivity index (χ0) is 24.2. The molecule has 0 atom stereocenters. The smallest absolute Gasteiger partial charge is 0.250 e. The molecule has 0 aliphatic carbocycles. The van der Waals surface area contributed by atoms with Crippen molar-refractivity contribution in [2.24, 2.45) is 0 Å². The molecule has 3 N–H and O–H groups in total. The van der Waals surface area contributed by atoms with Gasteiger partial charge in [0, 0.05) is 11.8 Å². The van der Waals surface area contributed by atoms with Gasteiger partial charge in [0.1, 0.15) is 11.3 Å². The van der Waals surface area contributed by atoms with Crippen LogP contribution in [0.25, 0.3) is 28.6 Å². The van der Waals surface area contributed by atoms with Crippen LogP contribution in [0.5, 0.6) is 5.75 Å². The first-order valence-electron chi connectivity index (χ1n) is 10.9. The van der Waals surface area contributed by atoms with Crippen LogP contribution in [0.4, 0.5) is 5.69 Å². The Morgan fingerprint density at radius 2 is 1.85 bits per heavy atom. The summed E-state index contributed by atoms with van der Waals surface area (Å²) in [6.45, 7) is 6.04. The average molecular weight is 472 g/mol. The number of rotatable bonds is 5. The largest absolute Gasteiger partial charge is 0.507 e. The third kappa shape index (κ3) is 5.32. The fourth-order valence-corrected chi connectivity index (χ4v) is 3.70. The van der Waals surface area contributed by atoms with E-state index in [9.17, 15) is 9.90 Å². The van der Waals surface area contributed by atoms with E-state index in [1.807, 2.05) is 36.4 Å². The van der Waals surface area contributed by atoms with Gasteiger partial charge in [0.15, 0.2) is 10.7 Å². The summed E-state index contributed by atoms with van der Waals surface area (Å²) in [5.41, 5.74) is 5.12. The molecule has 0 fully saturated rings. The van der Waals surface area contributed by atoms with Gasteiger partial charge in [-0.15, -0.1) is 0 Å². The number of amides is 1. The van der Waals surface area contributed by atoms with E-state index in [-0.39, 0.29) is 16.8 Å². The van der Waals surface area contributed by atoms with Gasteiger partial charge in [-0.2, -0.15) is 0 Å². The maximum Gasteiger partial charge on any atom is 0.250 e. The molecule has 0 radical (unpaired) electrons. The molecule has 0 aliphatic rings. The van der Waals surface area contributed by atoms with Crippen LogP contribution in [0.1, 0.15) is 36.5 Å². The van der Waals surface area contributed by atoms with Crippen LogP contribution >= 0.6 is 12.2 Å². The highest BCUT2D eigenvalue weighted by atomic mass is 32.1. The van der Waals surface area contributed by atoms with Gasteiger partial charge in [-0.25, -0.2) is 4.98 Å². The van der Waals surface area contributed by atoms with Crippen molar-refractivity contribution < 1.29 is 14.3 Å². The van der Waals surface area contributed by atoms with Gasteiger partial charge < -0.3 is 14.8 Å². The number of phenolic OH excluding ortho intramolecular Hbond substituents is 1. The molecule has 0 saturated carbocycles. The summed E-state index contributed by atoms with van der Waals surface area (Å²) in [6, 6.07) is 18.8. The minimum absolute atomic E-state index is 0.0680. The van der Waals surface area contributed by atoms with Gasteiger partial charge in [0.05, 0.1) is 5.56 Å². The number of phenols is 1. The summed E-state index contributed by atoms with van der Waals surface area (Å²) in [5, 5.41) is 16.3. The maximum absolute atomic E-state index is 12.3. The molecule has 1 amide bonds. The molecule has 34 heavy (non-hydrogen) atoms. The summed E-state index contributed by atoms with van der Waals surface area (Å²) in [7, 11) is 0. The highest BCUT2D eigenvalue weighted by Crippen LogP contribution is 2.36. The second kappa shape index (κ2) is 9.89. The van der Waals surface area contributed by atoms with Crippen molar-refractivity contribution in [1.29, 1.82) is 0 Å². The minimum Gasteiger partial charge on any atom is -0.507 e. The standard InChI is InChI=1S/C27H25N3O3S/c1-16(2)19-11-8-18(9-12-19)10-13-24(31)30-27(34)28-20-14-17(3)25(32)21(15-20)26-29-22-6-4-5-7-23(22)33-26/h4-16,32H,1-3H3,(H2,28,30,31,34)/b13-10+. The number of hydrogen-bond donors (Lipinski definition) is 3. The molecule has 4 aromatic rings. The van der Waals surface area contributed by atoms with Crippen LogP contribution in [0.15, 0.2) is 71.2 Å². The number of hydrogen-bond acceptors (Lipinski definition) is 5. The lowest BCUT2D eigenvalue weighted by atomic mass is 10.0. The number of nitrogens with one attached hydrogen (secondary N) is 2. The minimum atomic E-state index is -0.347. The van der Waals surface area contributed by atoms with Crippen molar-refractivity contribution >= 4 is 46.1 Å². The summed E-state index contributed by atoms with van der Waals surface area (Å²) < 4.78 is 5.80. The molecule has 7 heteroatoms. The van der Waals surface area contributed by atoms with Gasteiger partial charge in [0.25, 0.3) is 0 Å². The van der Waals surface area contributed by atoms with Crippen LogP contribution in [0, 0.1) is 6.92 Å². The van der Waals surface area contributed by atoms with Crippen LogP contribution in [-0.4, -0.2) is 21.1 Å². The molecule has 0 saturated heterocycles. The topological polar surface area (TPSA) is 87.4 Å². The predicted molar refractivity (Wildman–Crippen MR) is 140 cm³/mol. The molecule has 4 rings (SSSR count). The lowest BCUT2D eigenvalue weighted by Gasteiger charge is -2.12. The Kier molecular flexibility index (Phi) is 6.75. The van der Waals surface area contributed by atoms with E-state index in [1.165, 1.54) is 11.6 Å². The van der Waals surface area contributed by atoms with E-state index in [0.29, 0.717) is 39.7 Å². The molecule has 0 unspecified atom stereocenters. The SMILES string of the molecule is Cc1cc(NC(=S)NC(=O)/C=C/c2ccc(C(C)C)cc2)cc(-c2nc3ccccc3o2)c1O. The second-order valence-electron chi connectivity index (χ2n) is 8.27. The monoisotopic (exact) mass is 471 g/mol. The number of para-hydroxylation sites is 2. The zero-order valence-corrected chi connectivity index (χ0v) is 19.9. The molecule has 1 heterocycles. The first-order chi connectivity index (χ1) is 16.3. The number of nitrogens with zero attached hydrogens (tertiary/aromatic N) is 1. The summed E-state index contributed by atoms with van der Waals surface area (Å²) in [4.78, 5) is 16.8. The Labute approximate surface area is 203 Å². The highest BCUT2D eigenvalue weighted by Gasteiger charge is 2.16. The fraction of sp³-hybridized carbons (Fsp3) is 0.148. The number of aryl methyl sites for hydroxylation is 1. The maximum atomic E-state index is 12.3. The van der Waals surface area contributed by atoms with Crippen molar-refractivity contribution in [1.82, 2.24) is 10.3 Å². The predicted octanol–water partition coefficient (Wildman–Crippen LogP) is 6.16. The number of anilines is 1. The Morgan fingerprint density at radius 3 is 2.56 bits per heavy atom. The number of carbonyl (C=O) groups excluding carboxylic acids is 1. The molecule has 0 aliphatic heterocycles. The first kappa shape index (κ1) is 23.2. The number of fused-ring (bicyclic) bond motifs is 1. The van der Waals surface area contributed by atoms with E-state index in [0.717, 1.165) is 5.56 Å². The lowest BCUT2D eigenvalue weighted by molar-refractivity contribution is -0.115. The molecule has 0 spiro atoms. The number of aromatic hydroxyl groups is 1.